The van der Waals surface area contributed by atoms with E-state index in [1.54, 1.807) is 11.9 Å². The predicted octanol–water partition coefficient (Wildman–Crippen LogP) is 0.696. The maximum absolute atomic E-state index is 12.3. The molecule has 1 aliphatic rings. The van der Waals surface area contributed by atoms with Crippen molar-refractivity contribution < 1.29 is 9.90 Å². The number of rotatable bonds is 2. The molecule has 1 aromatic rings. The zero-order valence-electron chi connectivity index (χ0n) is 9.56. The predicted molar refractivity (Wildman–Crippen MR) is 73.9 cm³/mol. The van der Waals surface area contributed by atoms with E-state index in [1.165, 1.54) is 0 Å². The Balaban J connectivity index is 2.17. The van der Waals surface area contributed by atoms with Crippen molar-refractivity contribution in [1.82, 2.24) is 10.2 Å². The smallest absolute Gasteiger partial charge is 0.255 e. The first-order valence-corrected chi connectivity index (χ1v) is 6.59. The van der Waals surface area contributed by atoms with Crippen LogP contribution in [-0.2, 0) is 0 Å². The molecule has 2 N–H and O–H groups in total. The zero-order chi connectivity index (χ0) is 12.4. The lowest BCUT2D eigenvalue weighted by atomic mass is 10.1. The average molecular weight is 346 g/mol. The molecule has 5 heteroatoms. The highest BCUT2D eigenvalue weighted by Crippen LogP contribution is 2.16. The molecular formula is C12H15IN2O2. The van der Waals surface area contributed by atoms with Crippen LogP contribution in [0.2, 0.25) is 0 Å². The van der Waals surface area contributed by atoms with E-state index in [0.29, 0.717) is 18.7 Å². The third kappa shape index (κ3) is 2.61. The molecule has 92 valence electrons. The Kier molecular flexibility index (Phi) is 4.01. The van der Waals surface area contributed by atoms with Crippen molar-refractivity contribution in [3.05, 3.63) is 33.4 Å². The minimum atomic E-state index is -0.481. The number of likely N-dealkylation sites (N-methyl/N-ethyl adjacent to an activating group) is 1. The highest BCUT2D eigenvalue weighted by molar-refractivity contribution is 14.1. The van der Waals surface area contributed by atoms with Crippen LogP contribution in [0.5, 0.6) is 0 Å². The Morgan fingerprint density at radius 3 is 2.76 bits per heavy atom. The molecule has 1 saturated heterocycles. The monoisotopic (exact) mass is 346 g/mol. The normalized spacial score (nSPS) is 23.7. The number of hydrogen-bond acceptors (Lipinski definition) is 3. The number of β-amino-alcohol motifs (C(OH)–C–C–N with tert-alkyl or cyclic N) is 1. The molecule has 17 heavy (non-hydrogen) atoms. The van der Waals surface area contributed by atoms with E-state index in [4.69, 9.17) is 0 Å². The van der Waals surface area contributed by atoms with Gasteiger partial charge in [0.25, 0.3) is 5.91 Å². The van der Waals surface area contributed by atoms with Gasteiger partial charge in [0, 0.05) is 23.7 Å². The summed E-state index contributed by atoms with van der Waals surface area (Å²) in [6, 6.07) is 7.34. The lowest BCUT2D eigenvalue weighted by molar-refractivity contribution is 0.0580. The summed E-state index contributed by atoms with van der Waals surface area (Å²) in [6.45, 7) is 1.20. The Morgan fingerprint density at radius 1 is 1.47 bits per heavy atom. The van der Waals surface area contributed by atoms with Gasteiger partial charge in [-0.15, -0.1) is 0 Å². The van der Waals surface area contributed by atoms with Crippen molar-refractivity contribution in [2.75, 3.05) is 20.1 Å². The minimum Gasteiger partial charge on any atom is -0.390 e. The van der Waals surface area contributed by atoms with Crippen molar-refractivity contribution >= 4 is 28.5 Å². The summed E-state index contributed by atoms with van der Waals surface area (Å²) in [7, 11) is 1.74. The molecule has 2 atom stereocenters. The Labute approximate surface area is 114 Å². The fourth-order valence-electron chi connectivity index (χ4n) is 2.02. The maximum Gasteiger partial charge on any atom is 0.255 e. The Bertz CT molecular complexity index is 425. The number of benzene rings is 1. The van der Waals surface area contributed by atoms with E-state index >= 15 is 0 Å². The highest BCUT2D eigenvalue weighted by atomic mass is 127. The van der Waals surface area contributed by atoms with Crippen molar-refractivity contribution in [1.29, 1.82) is 0 Å². The van der Waals surface area contributed by atoms with Gasteiger partial charge < -0.3 is 15.3 Å². The first-order valence-electron chi connectivity index (χ1n) is 5.51. The van der Waals surface area contributed by atoms with Gasteiger partial charge in [-0.25, -0.2) is 0 Å². The Morgan fingerprint density at radius 2 is 2.18 bits per heavy atom. The van der Waals surface area contributed by atoms with Crippen LogP contribution in [-0.4, -0.2) is 48.2 Å². The first-order chi connectivity index (χ1) is 8.11. The van der Waals surface area contributed by atoms with Gasteiger partial charge in [-0.3, -0.25) is 4.79 Å². The van der Waals surface area contributed by atoms with Crippen LogP contribution in [0.3, 0.4) is 0 Å². The molecule has 0 spiro atoms. The van der Waals surface area contributed by atoms with Gasteiger partial charge in [0.05, 0.1) is 17.7 Å². The second-order valence-corrected chi connectivity index (χ2v) is 5.35. The van der Waals surface area contributed by atoms with Crippen molar-refractivity contribution in [2.24, 2.45) is 0 Å². The summed E-state index contributed by atoms with van der Waals surface area (Å²) in [6.07, 6.45) is -0.481. The molecule has 0 radical (unpaired) electrons. The van der Waals surface area contributed by atoms with Crippen LogP contribution < -0.4 is 5.32 Å². The summed E-state index contributed by atoms with van der Waals surface area (Å²) in [5.74, 6) is -0.0391. The van der Waals surface area contributed by atoms with Crippen molar-refractivity contribution in [2.45, 2.75) is 12.1 Å². The molecule has 0 saturated carbocycles. The third-order valence-corrected chi connectivity index (χ3v) is 4.01. The van der Waals surface area contributed by atoms with Crippen LogP contribution in [0.15, 0.2) is 24.3 Å². The summed E-state index contributed by atoms with van der Waals surface area (Å²) in [5.41, 5.74) is 0.690. The number of hydrogen-bond donors (Lipinski definition) is 2. The molecule has 1 amide bonds. The first kappa shape index (κ1) is 12.8. The summed E-state index contributed by atoms with van der Waals surface area (Å²) < 4.78 is 0.933. The van der Waals surface area contributed by atoms with Crippen LogP contribution in [0.4, 0.5) is 0 Å². The molecule has 0 unspecified atom stereocenters. The molecule has 4 nitrogen and oxygen atoms in total. The number of carbonyl (C=O) groups excluding carboxylic acids is 1. The van der Waals surface area contributed by atoms with Crippen LogP contribution in [0.25, 0.3) is 0 Å². The van der Waals surface area contributed by atoms with Gasteiger partial charge in [0.1, 0.15) is 0 Å². The van der Waals surface area contributed by atoms with E-state index in [9.17, 15) is 9.90 Å². The lowest BCUT2D eigenvalue weighted by Crippen LogP contribution is -2.44. The minimum absolute atomic E-state index is 0.0391. The van der Waals surface area contributed by atoms with Crippen molar-refractivity contribution in [3.63, 3.8) is 0 Å². The number of nitrogens with one attached hydrogen (secondary N) is 1. The number of carbonyl (C=O) groups is 1. The van der Waals surface area contributed by atoms with E-state index in [2.05, 4.69) is 27.9 Å². The lowest BCUT2D eigenvalue weighted by Gasteiger charge is -2.26. The van der Waals surface area contributed by atoms with Crippen molar-refractivity contribution in [3.8, 4) is 0 Å². The van der Waals surface area contributed by atoms with E-state index in [1.807, 2.05) is 24.3 Å². The SMILES string of the molecule is CN(C(=O)c1ccccc1I)[C@@H]1CNC[C@H]1O. The van der Waals surface area contributed by atoms with Crippen LogP contribution >= 0.6 is 22.6 Å². The number of aliphatic hydroxyl groups excluding tert-OH is 1. The third-order valence-electron chi connectivity index (χ3n) is 3.07. The summed E-state index contributed by atoms with van der Waals surface area (Å²) in [4.78, 5) is 13.9. The van der Waals surface area contributed by atoms with E-state index in [-0.39, 0.29) is 11.9 Å². The quantitative estimate of drug-likeness (QED) is 0.775. The number of halogens is 1. The van der Waals surface area contributed by atoms with Gasteiger partial charge in [0.2, 0.25) is 0 Å². The standard InChI is InChI=1S/C12H15IN2O2/c1-15(10-6-14-7-11(10)16)12(17)8-4-2-3-5-9(8)13/h2-5,10-11,14,16H,6-7H2,1H3/t10-,11-/m1/s1. The molecule has 1 aromatic carbocycles. The largest absolute Gasteiger partial charge is 0.390 e. The van der Waals surface area contributed by atoms with E-state index < -0.39 is 6.10 Å². The average Bonchev–Trinajstić information content (AvgIpc) is 2.74. The fraction of sp³-hybridized carbons (Fsp3) is 0.417. The second kappa shape index (κ2) is 5.32. The molecule has 1 heterocycles. The molecule has 1 fully saturated rings. The second-order valence-electron chi connectivity index (χ2n) is 4.19. The molecular weight excluding hydrogens is 331 g/mol. The van der Waals surface area contributed by atoms with Gasteiger partial charge in [-0.2, -0.15) is 0 Å². The van der Waals surface area contributed by atoms with Gasteiger partial charge >= 0.3 is 0 Å². The Hall–Kier alpha value is -0.660. The number of nitrogens with zero attached hydrogens (tertiary/aromatic N) is 1. The van der Waals surface area contributed by atoms with Crippen LogP contribution in [0, 0.1) is 3.57 Å². The van der Waals surface area contributed by atoms with Gasteiger partial charge in [0.15, 0.2) is 0 Å². The zero-order valence-corrected chi connectivity index (χ0v) is 11.7. The maximum atomic E-state index is 12.3. The molecule has 0 aromatic heterocycles. The fourth-order valence-corrected chi connectivity index (χ4v) is 2.64. The number of amides is 1. The highest BCUT2D eigenvalue weighted by Gasteiger charge is 2.31. The summed E-state index contributed by atoms with van der Waals surface area (Å²) in [5, 5.41) is 12.8. The summed E-state index contributed by atoms with van der Waals surface area (Å²) >= 11 is 2.15. The molecule has 1 aliphatic heterocycles. The molecule has 0 aliphatic carbocycles. The van der Waals surface area contributed by atoms with Crippen LogP contribution in [0.1, 0.15) is 10.4 Å². The molecule has 2 rings (SSSR count). The van der Waals surface area contributed by atoms with Gasteiger partial charge in [-0.1, -0.05) is 12.1 Å². The molecule has 0 bridgehead atoms. The topological polar surface area (TPSA) is 52.6 Å². The van der Waals surface area contributed by atoms with E-state index in [0.717, 1.165) is 3.57 Å². The number of aliphatic hydroxyl groups is 1. The van der Waals surface area contributed by atoms with Gasteiger partial charge in [-0.05, 0) is 34.7 Å².